The maximum Gasteiger partial charge on any atom is 0.124 e. The molecule has 0 bridgehead atoms. The van der Waals surface area contributed by atoms with E-state index in [1.807, 2.05) is 31.3 Å². The van der Waals surface area contributed by atoms with Gasteiger partial charge in [-0.1, -0.05) is 29.8 Å². The first-order valence-electron chi connectivity index (χ1n) is 7.68. The molecule has 0 aliphatic carbocycles. The standard InChI is InChI=1S/C18H19ClFN3/c1-23(12-13-8-9-14(20)11-15(13)19)10-4-7-18-21-16-5-2-3-6-17(16)22-18/h2-3,5-6,8-9,11H,4,7,10,12H2,1H3,(H,21,22). The average molecular weight is 332 g/mol. The van der Waals surface area contributed by atoms with Crippen molar-refractivity contribution < 1.29 is 4.39 Å². The van der Waals surface area contributed by atoms with Crippen molar-refractivity contribution in [2.45, 2.75) is 19.4 Å². The van der Waals surface area contributed by atoms with E-state index in [9.17, 15) is 4.39 Å². The predicted molar refractivity (Wildman–Crippen MR) is 92.2 cm³/mol. The molecule has 120 valence electrons. The fourth-order valence-corrected chi connectivity index (χ4v) is 2.89. The van der Waals surface area contributed by atoms with Crippen LogP contribution in [0.3, 0.4) is 0 Å². The van der Waals surface area contributed by atoms with Gasteiger partial charge in [-0.2, -0.15) is 0 Å². The molecule has 2 aromatic carbocycles. The molecule has 3 aromatic rings. The lowest BCUT2D eigenvalue weighted by Gasteiger charge is -2.17. The number of nitrogens with one attached hydrogen (secondary N) is 1. The van der Waals surface area contributed by atoms with E-state index in [0.29, 0.717) is 11.6 Å². The summed E-state index contributed by atoms with van der Waals surface area (Å²) in [5, 5.41) is 0.481. The molecule has 0 aliphatic rings. The van der Waals surface area contributed by atoms with Crippen LogP contribution in [-0.4, -0.2) is 28.5 Å². The van der Waals surface area contributed by atoms with Crippen LogP contribution in [0.1, 0.15) is 17.8 Å². The number of nitrogens with zero attached hydrogens (tertiary/aromatic N) is 2. The van der Waals surface area contributed by atoms with Gasteiger partial charge in [0.05, 0.1) is 11.0 Å². The van der Waals surface area contributed by atoms with E-state index in [1.165, 1.54) is 12.1 Å². The highest BCUT2D eigenvalue weighted by Crippen LogP contribution is 2.19. The smallest absolute Gasteiger partial charge is 0.124 e. The second-order valence-corrected chi connectivity index (χ2v) is 6.18. The third-order valence-corrected chi connectivity index (χ3v) is 4.20. The van der Waals surface area contributed by atoms with Gasteiger partial charge < -0.3 is 9.88 Å². The normalized spacial score (nSPS) is 11.5. The Morgan fingerprint density at radius 1 is 1.22 bits per heavy atom. The highest BCUT2D eigenvalue weighted by atomic mass is 35.5. The van der Waals surface area contributed by atoms with E-state index in [-0.39, 0.29) is 5.82 Å². The maximum atomic E-state index is 13.1. The van der Waals surface area contributed by atoms with E-state index < -0.39 is 0 Å². The molecule has 0 saturated carbocycles. The van der Waals surface area contributed by atoms with Crippen LogP contribution in [0.5, 0.6) is 0 Å². The second-order valence-electron chi connectivity index (χ2n) is 5.78. The number of aromatic nitrogens is 2. The summed E-state index contributed by atoms with van der Waals surface area (Å²) in [5.74, 6) is 0.714. The Morgan fingerprint density at radius 2 is 2.04 bits per heavy atom. The number of fused-ring (bicyclic) bond motifs is 1. The van der Waals surface area contributed by atoms with Crippen molar-refractivity contribution in [1.82, 2.24) is 14.9 Å². The molecular weight excluding hydrogens is 313 g/mol. The van der Waals surface area contributed by atoms with Gasteiger partial charge >= 0.3 is 0 Å². The van der Waals surface area contributed by atoms with Crippen molar-refractivity contribution in [1.29, 1.82) is 0 Å². The van der Waals surface area contributed by atoms with E-state index in [0.717, 1.165) is 41.8 Å². The molecule has 0 atom stereocenters. The van der Waals surface area contributed by atoms with Crippen molar-refractivity contribution in [2.75, 3.05) is 13.6 Å². The van der Waals surface area contributed by atoms with Crippen LogP contribution in [0, 0.1) is 5.82 Å². The highest BCUT2D eigenvalue weighted by Gasteiger charge is 2.07. The van der Waals surface area contributed by atoms with Crippen molar-refractivity contribution in [2.24, 2.45) is 0 Å². The third kappa shape index (κ3) is 4.09. The van der Waals surface area contributed by atoms with Crippen molar-refractivity contribution >= 4 is 22.6 Å². The predicted octanol–water partition coefficient (Wildman–Crippen LogP) is 4.42. The molecule has 23 heavy (non-hydrogen) atoms. The lowest BCUT2D eigenvalue weighted by molar-refractivity contribution is 0.321. The zero-order valence-corrected chi connectivity index (χ0v) is 13.8. The molecule has 0 unspecified atom stereocenters. The Kier molecular flexibility index (Phi) is 4.94. The Balaban J connectivity index is 1.51. The van der Waals surface area contributed by atoms with Gasteiger partial charge in [-0.3, -0.25) is 0 Å². The summed E-state index contributed by atoms with van der Waals surface area (Å²) in [6.07, 6.45) is 1.89. The fraction of sp³-hybridized carbons (Fsp3) is 0.278. The Morgan fingerprint density at radius 3 is 2.83 bits per heavy atom. The lowest BCUT2D eigenvalue weighted by atomic mass is 10.2. The Bertz CT molecular complexity index is 767. The van der Waals surface area contributed by atoms with Crippen LogP contribution in [0.25, 0.3) is 11.0 Å². The number of aromatic amines is 1. The number of H-pyrrole nitrogens is 1. The van der Waals surface area contributed by atoms with Gasteiger partial charge in [-0.15, -0.1) is 0 Å². The summed E-state index contributed by atoms with van der Waals surface area (Å²) >= 11 is 6.07. The SMILES string of the molecule is CN(CCCc1nc2ccccc2[nH]1)Cc1ccc(F)cc1Cl. The Hall–Kier alpha value is -1.91. The summed E-state index contributed by atoms with van der Waals surface area (Å²) in [6, 6.07) is 12.6. The first-order valence-corrected chi connectivity index (χ1v) is 8.06. The van der Waals surface area contributed by atoms with Crippen LogP contribution in [-0.2, 0) is 13.0 Å². The number of imidazole rings is 1. The second kappa shape index (κ2) is 7.11. The van der Waals surface area contributed by atoms with Crippen LogP contribution in [0.15, 0.2) is 42.5 Å². The molecule has 5 heteroatoms. The number of benzene rings is 2. The van der Waals surface area contributed by atoms with Crippen molar-refractivity contribution in [3.8, 4) is 0 Å². The van der Waals surface area contributed by atoms with E-state index >= 15 is 0 Å². The molecule has 3 nitrogen and oxygen atoms in total. The summed E-state index contributed by atoms with van der Waals surface area (Å²) in [7, 11) is 2.04. The minimum atomic E-state index is -0.300. The minimum absolute atomic E-state index is 0.300. The van der Waals surface area contributed by atoms with Crippen molar-refractivity contribution in [3.63, 3.8) is 0 Å². The monoisotopic (exact) mass is 331 g/mol. The summed E-state index contributed by atoms with van der Waals surface area (Å²) in [5.41, 5.74) is 3.03. The van der Waals surface area contributed by atoms with E-state index in [2.05, 4.69) is 14.9 Å². The van der Waals surface area contributed by atoms with Crippen LogP contribution in [0.4, 0.5) is 4.39 Å². The van der Waals surface area contributed by atoms with Gasteiger partial charge in [0.1, 0.15) is 11.6 Å². The van der Waals surface area contributed by atoms with Gasteiger partial charge in [-0.25, -0.2) is 9.37 Å². The summed E-state index contributed by atoms with van der Waals surface area (Å²) in [4.78, 5) is 10.1. The largest absolute Gasteiger partial charge is 0.342 e. The Labute approximate surface area is 140 Å². The number of hydrogen-bond donors (Lipinski definition) is 1. The topological polar surface area (TPSA) is 31.9 Å². The number of aryl methyl sites for hydroxylation is 1. The fourth-order valence-electron chi connectivity index (χ4n) is 2.66. The molecule has 3 rings (SSSR count). The quantitative estimate of drug-likeness (QED) is 0.725. The number of rotatable bonds is 6. The highest BCUT2D eigenvalue weighted by molar-refractivity contribution is 6.31. The zero-order valence-electron chi connectivity index (χ0n) is 13.0. The van der Waals surface area contributed by atoms with Gasteiger partial charge in [-0.05, 0) is 49.8 Å². The number of halogens is 2. The van der Waals surface area contributed by atoms with Gasteiger partial charge in [0.25, 0.3) is 0 Å². The van der Waals surface area contributed by atoms with E-state index in [1.54, 1.807) is 6.07 Å². The molecule has 0 spiro atoms. The van der Waals surface area contributed by atoms with Gasteiger partial charge in [0.15, 0.2) is 0 Å². The van der Waals surface area contributed by atoms with Crippen LogP contribution in [0.2, 0.25) is 5.02 Å². The molecule has 1 aromatic heterocycles. The molecule has 1 N–H and O–H groups in total. The summed E-state index contributed by atoms with van der Waals surface area (Å²) < 4.78 is 13.1. The molecular formula is C18H19ClFN3. The molecule has 0 saturated heterocycles. The number of hydrogen-bond acceptors (Lipinski definition) is 2. The van der Waals surface area contributed by atoms with Crippen LogP contribution < -0.4 is 0 Å². The molecule has 0 fully saturated rings. The molecule has 1 heterocycles. The molecule has 0 radical (unpaired) electrons. The van der Waals surface area contributed by atoms with Gasteiger partial charge in [0.2, 0.25) is 0 Å². The third-order valence-electron chi connectivity index (χ3n) is 3.85. The zero-order chi connectivity index (χ0) is 16.2. The minimum Gasteiger partial charge on any atom is -0.342 e. The number of para-hydroxylation sites is 2. The van der Waals surface area contributed by atoms with Gasteiger partial charge in [0, 0.05) is 18.0 Å². The van der Waals surface area contributed by atoms with E-state index in [4.69, 9.17) is 11.6 Å². The van der Waals surface area contributed by atoms with Crippen LogP contribution >= 0.6 is 11.6 Å². The first kappa shape index (κ1) is 16.0. The first-order chi connectivity index (χ1) is 11.1. The summed E-state index contributed by atoms with van der Waals surface area (Å²) in [6.45, 7) is 1.63. The lowest BCUT2D eigenvalue weighted by Crippen LogP contribution is -2.20. The molecule has 0 aliphatic heterocycles. The maximum absolute atomic E-state index is 13.1. The molecule has 0 amide bonds. The average Bonchev–Trinajstić information content (AvgIpc) is 2.93. The van der Waals surface area contributed by atoms with Crippen molar-refractivity contribution in [3.05, 3.63) is 64.7 Å².